The van der Waals surface area contributed by atoms with Crippen LogP contribution in [0.3, 0.4) is 0 Å². The first kappa shape index (κ1) is 12.4. The van der Waals surface area contributed by atoms with E-state index in [1.54, 1.807) is 0 Å². The zero-order valence-electron chi connectivity index (χ0n) is 8.54. The molecule has 4 heteroatoms. The Bertz CT molecular complexity index is 148. The minimum absolute atomic E-state index is 0.0322. The third-order valence-corrected chi connectivity index (χ3v) is 1.79. The molecule has 0 rings (SSSR count). The summed E-state index contributed by atoms with van der Waals surface area (Å²) in [5.41, 5.74) is 0. The second kappa shape index (κ2) is 6.86. The van der Waals surface area contributed by atoms with Gasteiger partial charge < -0.3 is 15.2 Å². The lowest BCUT2D eigenvalue weighted by molar-refractivity contribution is -0.126. The van der Waals surface area contributed by atoms with Gasteiger partial charge in [0.05, 0.1) is 12.6 Å². The van der Waals surface area contributed by atoms with Gasteiger partial charge in [-0.25, -0.2) is 0 Å². The van der Waals surface area contributed by atoms with Gasteiger partial charge in [-0.05, 0) is 12.8 Å². The topological polar surface area (TPSA) is 58.6 Å². The fourth-order valence-electron chi connectivity index (χ4n) is 0.866. The Kier molecular flexibility index (Phi) is 6.54. The number of amides is 1. The van der Waals surface area contributed by atoms with E-state index in [1.807, 2.05) is 20.8 Å². The molecule has 13 heavy (non-hydrogen) atoms. The van der Waals surface area contributed by atoms with Gasteiger partial charge in [0.2, 0.25) is 5.91 Å². The molecule has 0 saturated heterocycles. The summed E-state index contributed by atoms with van der Waals surface area (Å²) in [6, 6.07) is -0.173. The zero-order valence-corrected chi connectivity index (χ0v) is 8.54. The van der Waals surface area contributed by atoms with Gasteiger partial charge in [-0.3, -0.25) is 4.79 Å². The van der Waals surface area contributed by atoms with Crippen LogP contribution in [0.15, 0.2) is 0 Å². The summed E-state index contributed by atoms with van der Waals surface area (Å²) in [5, 5.41) is 11.6. The van der Waals surface area contributed by atoms with Crippen molar-refractivity contribution in [3.8, 4) is 0 Å². The molecule has 1 amide bonds. The first-order valence-electron chi connectivity index (χ1n) is 4.59. The molecule has 0 aromatic carbocycles. The molecule has 1 atom stereocenters. The molecule has 0 aliphatic rings. The van der Waals surface area contributed by atoms with Crippen molar-refractivity contribution in [3.05, 3.63) is 0 Å². The van der Waals surface area contributed by atoms with E-state index < -0.39 is 0 Å². The largest absolute Gasteiger partial charge is 0.394 e. The van der Waals surface area contributed by atoms with E-state index in [0.29, 0.717) is 6.61 Å². The van der Waals surface area contributed by atoms with Crippen LogP contribution in [0.4, 0.5) is 0 Å². The van der Waals surface area contributed by atoms with Crippen LogP contribution < -0.4 is 5.32 Å². The average Bonchev–Trinajstić information content (AvgIpc) is 2.10. The molecule has 4 nitrogen and oxygen atoms in total. The van der Waals surface area contributed by atoms with E-state index in [1.165, 1.54) is 0 Å². The Morgan fingerprint density at radius 1 is 1.54 bits per heavy atom. The number of aliphatic hydroxyl groups is 1. The molecule has 0 saturated carbocycles. The third kappa shape index (κ3) is 5.60. The quantitative estimate of drug-likeness (QED) is 0.625. The Morgan fingerprint density at radius 3 is 2.54 bits per heavy atom. The lowest BCUT2D eigenvalue weighted by atomic mass is 10.1. The molecule has 0 spiro atoms. The molecule has 0 heterocycles. The van der Waals surface area contributed by atoms with Gasteiger partial charge in [-0.1, -0.05) is 13.8 Å². The van der Waals surface area contributed by atoms with Gasteiger partial charge >= 0.3 is 0 Å². The molecule has 0 bridgehead atoms. The maximum atomic E-state index is 11.1. The van der Waals surface area contributed by atoms with E-state index >= 15 is 0 Å². The highest BCUT2D eigenvalue weighted by Gasteiger charge is 2.14. The molecular weight excluding hydrogens is 170 g/mol. The summed E-state index contributed by atoms with van der Waals surface area (Å²) in [6.07, 6.45) is 0. The van der Waals surface area contributed by atoms with Crippen LogP contribution in [-0.4, -0.2) is 36.9 Å². The lowest BCUT2D eigenvalue weighted by Gasteiger charge is -2.19. The first-order valence-corrected chi connectivity index (χ1v) is 4.59. The minimum Gasteiger partial charge on any atom is -0.394 e. The number of hydrogen-bond donors (Lipinski definition) is 2. The van der Waals surface area contributed by atoms with Crippen LogP contribution in [0, 0.1) is 5.92 Å². The van der Waals surface area contributed by atoms with Crippen LogP contribution in [0.1, 0.15) is 20.8 Å². The van der Waals surface area contributed by atoms with Crippen molar-refractivity contribution < 1.29 is 14.6 Å². The van der Waals surface area contributed by atoms with E-state index in [-0.39, 0.29) is 31.1 Å². The fraction of sp³-hybridized carbons (Fsp3) is 0.889. The number of hydrogen-bond acceptors (Lipinski definition) is 3. The maximum Gasteiger partial charge on any atom is 0.246 e. The van der Waals surface area contributed by atoms with E-state index in [9.17, 15) is 4.79 Å². The average molecular weight is 189 g/mol. The van der Waals surface area contributed by atoms with Crippen LogP contribution in [-0.2, 0) is 9.53 Å². The van der Waals surface area contributed by atoms with Crippen LogP contribution in [0.25, 0.3) is 0 Å². The summed E-state index contributed by atoms with van der Waals surface area (Å²) in [5.74, 6) is 0.0603. The number of ether oxygens (including phenoxy) is 1. The van der Waals surface area contributed by atoms with Gasteiger partial charge in [0.15, 0.2) is 0 Å². The Labute approximate surface area is 79.3 Å². The van der Waals surface area contributed by atoms with Crippen molar-refractivity contribution in [1.82, 2.24) is 5.32 Å². The Morgan fingerprint density at radius 2 is 2.15 bits per heavy atom. The van der Waals surface area contributed by atoms with Gasteiger partial charge in [0.1, 0.15) is 6.61 Å². The highest BCUT2D eigenvalue weighted by Crippen LogP contribution is 1.99. The first-order chi connectivity index (χ1) is 6.11. The molecule has 0 unspecified atom stereocenters. The normalized spacial score (nSPS) is 13.0. The van der Waals surface area contributed by atoms with Crippen LogP contribution in [0.2, 0.25) is 0 Å². The molecule has 78 valence electrons. The highest BCUT2D eigenvalue weighted by molar-refractivity contribution is 5.77. The smallest absolute Gasteiger partial charge is 0.246 e. The molecule has 2 N–H and O–H groups in total. The van der Waals surface area contributed by atoms with Crippen molar-refractivity contribution in [2.75, 3.05) is 19.8 Å². The molecule has 0 aromatic heterocycles. The monoisotopic (exact) mass is 189 g/mol. The second-order valence-corrected chi connectivity index (χ2v) is 3.24. The summed E-state index contributed by atoms with van der Waals surface area (Å²) in [6.45, 7) is 6.29. The predicted molar refractivity (Wildman–Crippen MR) is 50.3 cm³/mol. The predicted octanol–water partition coefficient (Wildman–Crippen LogP) is 0.156. The van der Waals surface area contributed by atoms with Crippen molar-refractivity contribution >= 4 is 5.91 Å². The molecule has 0 aromatic rings. The molecule has 0 radical (unpaired) electrons. The van der Waals surface area contributed by atoms with Gasteiger partial charge in [-0.15, -0.1) is 0 Å². The SMILES string of the molecule is CCOCC(=O)N[C@H](CO)C(C)C. The van der Waals surface area contributed by atoms with Crippen molar-refractivity contribution in [1.29, 1.82) is 0 Å². The van der Waals surface area contributed by atoms with E-state index in [4.69, 9.17) is 9.84 Å². The van der Waals surface area contributed by atoms with Gasteiger partial charge in [0.25, 0.3) is 0 Å². The Hall–Kier alpha value is -0.610. The van der Waals surface area contributed by atoms with E-state index in [2.05, 4.69) is 5.32 Å². The fourth-order valence-corrected chi connectivity index (χ4v) is 0.866. The number of aliphatic hydroxyl groups excluding tert-OH is 1. The summed E-state index contributed by atoms with van der Waals surface area (Å²) in [7, 11) is 0. The third-order valence-electron chi connectivity index (χ3n) is 1.79. The number of carbonyl (C=O) groups excluding carboxylic acids is 1. The Balaban J connectivity index is 3.73. The van der Waals surface area contributed by atoms with Crippen LogP contribution in [0.5, 0.6) is 0 Å². The molecule has 0 aliphatic heterocycles. The van der Waals surface area contributed by atoms with E-state index in [0.717, 1.165) is 0 Å². The van der Waals surface area contributed by atoms with Crippen molar-refractivity contribution in [2.45, 2.75) is 26.8 Å². The lowest BCUT2D eigenvalue weighted by Crippen LogP contribution is -2.42. The van der Waals surface area contributed by atoms with Gasteiger partial charge in [-0.2, -0.15) is 0 Å². The minimum atomic E-state index is -0.173. The molecule has 0 aliphatic carbocycles. The van der Waals surface area contributed by atoms with Gasteiger partial charge in [0, 0.05) is 6.61 Å². The summed E-state index contributed by atoms with van der Waals surface area (Å²) in [4.78, 5) is 11.1. The summed E-state index contributed by atoms with van der Waals surface area (Å²) >= 11 is 0. The molecular formula is C9H19NO3. The maximum absolute atomic E-state index is 11.1. The molecule has 0 fully saturated rings. The standard InChI is InChI=1S/C9H19NO3/c1-4-13-6-9(12)10-8(5-11)7(2)3/h7-8,11H,4-6H2,1-3H3,(H,10,12)/t8-/m1/s1. The van der Waals surface area contributed by atoms with Crippen molar-refractivity contribution in [3.63, 3.8) is 0 Å². The number of rotatable bonds is 6. The number of carbonyl (C=O) groups is 1. The van der Waals surface area contributed by atoms with Crippen LogP contribution >= 0.6 is 0 Å². The highest BCUT2D eigenvalue weighted by atomic mass is 16.5. The van der Waals surface area contributed by atoms with Crippen molar-refractivity contribution in [2.24, 2.45) is 5.92 Å². The second-order valence-electron chi connectivity index (χ2n) is 3.24. The zero-order chi connectivity index (χ0) is 10.3. The summed E-state index contributed by atoms with van der Waals surface area (Å²) < 4.78 is 4.93. The number of nitrogens with one attached hydrogen (secondary N) is 1.